The Labute approximate surface area is 102 Å². The molecule has 0 spiro atoms. The minimum atomic E-state index is 0.528. The maximum atomic E-state index is 5.31. The first kappa shape index (κ1) is 12.1. The van der Waals surface area contributed by atoms with Crippen LogP contribution in [-0.4, -0.2) is 16.0 Å². The van der Waals surface area contributed by atoms with Crippen molar-refractivity contribution in [2.75, 3.05) is 10.7 Å². The van der Waals surface area contributed by atoms with Gasteiger partial charge in [-0.15, -0.1) is 0 Å². The van der Waals surface area contributed by atoms with Crippen LogP contribution in [0.1, 0.15) is 39.0 Å². The average molecular weight is 235 g/mol. The number of nitrogen functional groups attached to an aromatic ring is 1. The molecular formula is C12H21N5. The Morgan fingerprint density at radius 3 is 2.59 bits per heavy atom. The molecule has 1 fully saturated rings. The van der Waals surface area contributed by atoms with E-state index in [4.69, 9.17) is 5.84 Å². The zero-order valence-corrected chi connectivity index (χ0v) is 10.3. The molecule has 2 rings (SSSR count). The van der Waals surface area contributed by atoms with Crippen molar-refractivity contribution < 1.29 is 0 Å². The first-order valence-electron chi connectivity index (χ1n) is 6.37. The van der Waals surface area contributed by atoms with Crippen molar-refractivity contribution in [2.45, 2.75) is 45.1 Å². The lowest BCUT2D eigenvalue weighted by atomic mass is 9.84. The van der Waals surface area contributed by atoms with Gasteiger partial charge in [-0.1, -0.05) is 13.3 Å². The van der Waals surface area contributed by atoms with Crippen LogP contribution in [0.15, 0.2) is 12.4 Å². The van der Waals surface area contributed by atoms with Crippen LogP contribution in [0.3, 0.4) is 0 Å². The Balaban J connectivity index is 1.88. The number of hydrazine groups is 1. The lowest BCUT2D eigenvalue weighted by Crippen LogP contribution is -2.26. The third-order valence-electron chi connectivity index (χ3n) is 3.56. The van der Waals surface area contributed by atoms with E-state index in [0.717, 1.165) is 11.7 Å². The minimum Gasteiger partial charge on any atom is -0.366 e. The van der Waals surface area contributed by atoms with E-state index in [1.807, 2.05) is 0 Å². The van der Waals surface area contributed by atoms with E-state index in [1.54, 1.807) is 12.4 Å². The van der Waals surface area contributed by atoms with Gasteiger partial charge in [0.05, 0.1) is 12.4 Å². The van der Waals surface area contributed by atoms with E-state index in [9.17, 15) is 0 Å². The van der Waals surface area contributed by atoms with Gasteiger partial charge in [-0.05, 0) is 31.6 Å². The summed E-state index contributed by atoms with van der Waals surface area (Å²) in [6, 6.07) is 0.528. The van der Waals surface area contributed by atoms with Crippen LogP contribution in [-0.2, 0) is 0 Å². The molecule has 5 heteroatoms. The van der Waals surface area contributed by atoms with Crippen molar-refractivity contribution in [2.24, 2.45) is 11.8 Å². The lowest BCUT2D eigenvalue weighted by molar-refractivity contribution is 0.330. The first-order valence-corrected chi connectivity index (χ1v) is 6.37. The maximum absolute atomic E-state index is 5.31. The number of aromatic nitrogens is 2. The van der Waals surface area contributed by atoms with Gasteiger partial charge in [-0.2, -0.15) is 0 Å². The second-order valence-electron chi connectivity index (χ2n) is 4.70. The third-order valence-corrected chi connectivity index (χ3v) is 3.56. The van der Waals surface area contributed by atoms with Gasteiger partial charge in [0.2, 0.25) is 0 Å². The summed E-state index contributed by atoms with van der Waals surface area (Å²) in [5.41, 5.74) is 2.51. The standard InChI is InChI=1S/C12H21N5/c1-2-9-3-5-10(6-4-9)15-11-7-14-8-12(16-11)17-13/h7-10H,2-6,13H2,1H3,(H2,15,16,17). The van der Waals surface area contributed by atoms with Crippen molar-refractivity contribution in [3.8, 4) is 0 Å². The van der Waals surface area contributed by atoms with Crippen LogP contribution in [0.2, 0.25) is 0 Å². The second-order valence-corrected chi connectivity index (χ2v) is 4.70. The van der Waals surface area contributed by atoms with E-state index >= 15 is 0 Å². The van der Waals surface area contributed by atoms with E-state index in [1.165, 1.54) is 32.1 Å². The smallest absolute Gasteiger partial charge is 0.160 e. The van der Waals surface area contributed by atoms with Gasteiger partial charge in [0.25, 0.3) is 0 Å². The summed E-state index contributed by atoms with van der Waals surface area (Å²) in [7, 11) is 0. The highest BCUT2D eigenvalue weighted by atomic mass is 15.3. The number of nitrogens with one attached hydrogen (secondary N) is 2. The van der Waals surface area contributed by atoms with Gasteiger partial charge in [0, 0.05) is 6.04 Å². The van der Waals surface area contributed by atoms with E-state index in [2.05, 4.69) is 27.6 Å². The summed E-state index contributed by atoms with van der Waals surface area (Å²) in [6.07, 6.45) is 9.73. The van der Waals surface area contributed by atoms with Crippen molar-refractivity contribution in [3.05, 3.63) is 12.4 Å². The summed E-state index contributed by atoms with van der Waals surface area (Å²) in [6.45, 7) is 2.28. The summed E-state index contributed by atoms with van der Waals surface area (Å²) < 4.78 is 0. The topological polar surface area (TPSA) is 75.9 Å². The predicted molar refractivity (Wildman–Crippen MR) is 69.5 cm³/mol. The quantitative estimate of drug-likeness (QED) is 0.550. The number of rotatable bonds is 4. The summed E-state index contributed by atoms with van der Waals surface area (Å²) in [4.78, 5) is 8.40. The number of hydrogen-bond acceptors (Lipinski definition) is 5. The fraction of sp³-hybridized carbons (Fsp3) is 0.667. The van der Waals surface area contributed by atoms with Gasteiger partial charge < -0.3 is 10.7 Å². The molecule has 0 bridgehead atoms. The van der Waals surface area contributed by atoms with E-state index < -0.39 is 0 Å². The molecule has 17 heavy (non-hydrogen) atoms. The Morgan fingerprint density at radius 2 is 1.94 bits per heavy atom. The van der Waals surface area contributed by atoms with Crippen molar-refractivity contribution in [1.29, 1.82) is 0 Å². The van der Waals surface area contributed by atoms with Crippen LogP contribution >= 0.6 is 0 Å². The van der Waals surface area contributed by atoms with Gasteiger partial charge in [-0.3, -0.25) is 4.98 Å². The lowest BCUT2D eigenvalue weighted by Gasteiger charge is -2.28. The molecule has 0 radical (unpaired) electrons. The Morgan fingerprint density at radius 1 is 1.24 bits per heavy atom. The molecule has 1 aromatic rings. The van der Waals surface area contributed by atoms with Crippen LogP contribution < -0.4 is 16.6 Å². The summed E-state index contributed by atoms with van der Waals surface area (Å²) >= 11 is 0. The van der Waals surface area contributed by atoms with Gasteiger partial charge >= 0.3 is 0 Å². The molecule has 0 saturated heterocycles. The highest BCUT2D eigenvalue weighted by molar-refractivity contribution is 5.41. The van der Waals surface area contributed by atoms with Gasteiger partial charge in [0.1, 0.15) is 5.82 Å². The van der Waals surface area contributed by atoms with Crippen molar-refractivity contribution >= 4 is 11.6 Å². The fourth-order valence-electron chi connectivity index (χ4n) is 2.43. The summed E-state index contributed by atoms with van der Waals surface area (Å²) in [5.74, 6) is 7.62. The maximum Gasteiger partial charge on any atom is 0.160 e. The molecule has 1 aliphatic rings. The third kappa shape index (κ3) is 3.30. The van der Waals surface area contributed by atoms with E-state index in [-0.39, 0.29) is 0 Å². The van der Waals surface area contributed by atoms with Crippen molar-refractivity contribution in [1.82, 2.24) is 9.97 Å². The molecule has 0 aliphatic heterocycles. The van der Waals surface area contributed by atoms with Gasteiger partial charge in [0.15, 0.2) is 5.82 Å². The van der Waals surface area contributed by atoms with Crippen molar-refractivity contribution in [3.63, 3.8) is 0 Å². The molecule has 94 valence electrons. The Bertz CT molecular complexity index is 347. The molecule has 1 aromatic heterocycles. The monoisotopic (exact) mass is 235 g/mol. The Hall–Kier alpha value is -1.36. The number of nitrogens with two attached hydrogens (primary N) is 1. The Kier molecular flexibility index (Phi) is 4.14. The molecule has 0 atom stereocenters. The normalized spacial score (nSPS) is 24.4. The highest BCUT2D eigenvalue weighted by Gasteiger charge is 2.19. The predicted octanol–water partition coefficient (Wildman–Crippen LogP) is 2.14. The number of nitrogens with zero attached hydrogens (tertiary/aromatic N) is 2. The van der Waals surface area contributed by atoms with E-state index in [0.29, 0.717) is 11.9 Å². The zero-order chi connectivity index (χ0) is 12.1. The molecule has 1 heterocycles. The van der Waals surface area contributed by atoms with Crippen LogP contribution in [0.5, 0.6) is 0 Å². The molecule has 1 saturated carbocycles. The number of anilines is 2. The molecule has 5 nitrogen and oxygen atoms in total. The zero-order valence-electron chi connectivity index (χ0n) is 10.3. The second kappa shape index (κ2) is 5.82. The molecular weight excluding hydrogens is 214 g/mol. The molecule has 0 unspecified atom stereocenters. The highest BCUT2D eigenvalue weighted by Crippen LogP contribution is 2.28. The minimum absolute atomic E-state index is 0.528. The fourth-order valence-corrected chi connectivity index (χ4v) is 2.43. The largest absolute Gasteiger partial charge is 0.366 e. The average Bonchev–Trinajstić information content (AvgIpc) is 2.40. The molecule has 0 amide bonds. The molecule has 0 aromatic carbocycles. The molecule has 4 N–H and O–H groups in total. The van der Waals surface area contributed by atoms with Gasteiger partial charge in [-0.25, -0.2) is 10.8 Å². The summed E-state index contributed by atoms with van der Waals surface area (Å²) in [5, 5.41) is 3.43. The van der Waals surface area contributed by atoms with Crippen LogP contribution in [0.25, 0.3) is 0 Å². The molecule has 1 aliphatic carbocycles. The SMILES string of the molecule is CCC1CCC(Nc2cncc(NN)n2)CC1. The van der Waals surface area contributed by atoms with Crippen LogP contribution in [0, 0.1) is 5.92 Å². The van der Waals surface area contributed by atoms with Crippen LogP contribution in [0.4, 0.5) is 11.6 Å². The number of hydrogen-bond donors (Lipinski definition) is 3. The first-order chi connectivity index (χ1) is 8.31.